The van der Waals surface area contributed by atoms with Gasteiger partial charge in [-0.3, -0.25) is 10.1 Å². The van der Waals surface area contributed by atoms with Crippen LogP contribution >= 0.6 is 0 Å². The van der Waals surface area contributed by atoms with E-state index in [1.54, 1.807) is 12.1 Å². The van der Waals surface area contributed by atoms with Gasteiger partial charge in [-0.1, -0.05) is 12.8 Å². The third-order valence-electron chi connectivity index (χ3n) is 3.01. The molecule has 0 bridgehead atoms. The zero-order valence-electron chi connectivity index (χ0n) is 9.09. The van der Waals surface area contributed by atoms with Crippen molar-refractivity contribution < 1.29 is 9.66 Å². The minimum absolute atomic E-state index is 0.105. The van der Waals surface area contributed by atoms with Crippen LogP contribution in [0, 0.1) is 16.0 Å². The zero-order chi connectivity index (χ0) is 11.4. The SMILES string of the molecule is O=[N+]([O-])c1ccc(OCC2CCCC2)cc1. The lowest BCUT2D eigenvalue weighted by Gasteiger charge is -2.10. The lowest BCUT2D eigenvalue weighted by Crippen LogP contribution is -2.07. The van der Waals surface area contributed by atoms with Gasteiger partial charge in [-0.25, -0.2) is 0 Å². The predicted octanol–water partition coefficient (Wildman–Crippen LogP) is 3.16. The average Bonchev–Trinajstić information content (AvgIpc) is 2.80. The van der Waals surface area contributed by atoms with Crippen LogP contribution in [0.25, 0.3) is 0 Å². The Balaban J connectivity index is 1.87. The van der Waals surface area contributed by atoms with Crippen molar-refractivity contribution in [1.29, 1.82) is 0 Å². The van der Waals surface area contributed by atoms with Crippen LogP contribution in [0.1, 0.15) is 25.7 Å². The van der Waals surface area contributed by atoms with Crippen LogP contribution in [0.4, 0.5) is 5.69 Å². The van der Waals surface area contributed by atoms with Gasteiger partial charge in [0.1, 0.15) is 5.75 Å². The number of nitro benzene ring substituents is 1. The standard InChI is InChI=1S/C12H15NO3/c14-13(15)11-5-7-12(8-6-11)16-9-10-3-1-2-4-10/h5-8,10H,1-4,9H2. The van der Waals surface area contributed by atoms with Gasteiger partial charge >= 0.3 is 0 Å². The summed E-state index contributed by atoms with van der Waals surface area (Å²) in [4.78, 5) is 10.0. The van der Waals surface area contributed by atoms with Crippen molar-refractivity contribution in [3.63, 3.8) is 0 Å². The number of hydrogen-bond donors (Lipinski definition) is 0. The number of benzene rings is 1. The molecule has 1 fully saturated rings. The first-order chi connectivity index (χ1) is 7.75. The van der Waals surface area contributed by atoms with E-state index >= 15 is 0 Å². The molecule has 0 spiro atoms. The fraction of sp³-hybridized carbons (Fsp3) is 0.500. The molecule has 1 aliphatic carbocycles. The molecule has 1 aliphatic rings. The first kappa shape index (κ1) is 10.9. The van der Waals surface area contributed by atoms with Crippen LogP contribution in [0.15, 0.2) is 24.3 Å². The molecule has 0 radical (unpaired) electrons. The van der Waals surface area contributed by atoms with Crippen molar-refractivity contribution in [2.24, 2.45) is 5.92 Å². The van der Waals surface area contributed by atoms with Gasteiger partial charge in [-0.15, -0.1) is 0 Å². The monoisotopic (exact) mass is 221 g/mol. The fourth-order valence-corrected chi connectivity index (χ4v) is 2.06. The van der Waals surface area contributed by atoms with E-state index in [4.69, 9.17) is 4.74 Å². The van der Waals surface area contributed by atoms with Crippen LogP contribution in [-0.4, -0.2) is 11.5 Å². The molecule has 16 heavy (non-hydrogen) atoms. The van der Waals surface area contributed by atoms with E-state index in [2.05, 4.69) is 0 Å². The molecule has 2 rings (SSSR count). The van der Waals surface area contributed by atoms with Gasteiger partial charge in [0.2, 0.25) is 0 Å². The average molecular weight is 221 g/mol. The topological polar surface area (TPSA) is 52.4 Å². The van der Waals surface area contributed by atoms with Gasteiger partial charge in [-0.05, 0) is 30.9 Å². The van der Waals surface area contributed by atoms with Gasteiger partial charge in [0.15, 0.2) is 0 Å². The number of ether oxygens (including phenoxy) is 1. The fourth-order valence-electron chi connectivity index (χ4n) is 2.06. The number of hydrogen-bond acceptors (Lipinski definition) is 3. The minimum atomic E-state index is -0.402. The summed E-state index contributed by atoms with van der Waals surface area (Å²) in [5.41, 5.74) is 0.105. The van der Waals surface area contributed by atoms with Crippen LogP contribution in [-0.2, 0) is 0 Å². The van der Waals surface area contributed by atoms with Crippen LogP contribution in [0.3, 0.4) is 0 Å². The molecule has 1 aromatic rings. The van der Waals surface area contributed by atoms with Crippen molar-refractivity contribution in [2.45, 2.75) is 25.7 Å². The summed E-state index contributed by atoms with van der Waals surface area (Å²) in [6, 6.07) is 6.27. The molecule has 0 atom stereocenters. The van der Waals surface area contributed by atoms with Crippen molar-refractivity contribution in [3.8, 4) is 5.75 Å². The molecule has 0 saturated heterocycles. The lowest BCUT2D eigenvalue weighted by atomic mass is 10.1. The van der Waals surface area contributed by atoms with E-state index in [0.717, 1.165) is 12.4 Å². The maximum atomic E-state index is 10.4. The second kappa shape index (κ2) is 4.96. The number of nitrogens with zero attached hydrogens (tertiary/aromatic N) is 1. The number of nitro groups is 1. The summed E-state index contributed by atoms with van der Waals surface area (Å²) >= 11 is 0. The normalized spacial score (nSPS) is 16.2. The van der Waals surface area contributed by atoms with Crippen LogP contribution in [0.5, 0.6) is 5.75 Å². The highest BCUT2D eigenvalue weighted by molar-refractivity contribution is 5.35. The first-order valence-corrected chi connectivity index (χ1v) is 5.63. The Hall–Kier alpha value is -1.58. The molecular formula is C12H15NO3. The molecule has 0 unspecified atom stereocenters. The van der Waals surface area contributed by atoms with Gasteiger partial charge in [0.05, 0.1) is 11.5 Å². The van der Waals surface area contributed by atoms with E-state index in [0.29, 0.717) is 5.92 Å². The van der Waals surface area contributed by atoms with Crippen molar-refractivity contribution in [2.75, 3.05) is 6.61 Å². The highest BCUT2D eigenvalue weighted by Crippen LogP contribution is 2.26. The summed E-state index contributed by atoms with van der Waals surface area (Å²) in [5, 5.41) is 10.4. The smallest absolute Gasteiger partial charge is 0.269 e. The van der Waals surface area contributed by atoms with Crippen molar-refractivity contribution in [3.05, 3.63) is 34.4 Å². The Kier molecular flexibility index (Phi) is 3.39. The Bertz CT molecular complexity index is 355. The predicted molar refractivity (Wildman–Crippen MR) is 60.5 cm³/mol. The van der Waals surface area contributed by atoms with E-state index < -0.39 is 4.92 Å². The van der Waals surface area contributed by atoms with Crippen molar-refractivity contribution in [1.82, 2.24) is 0 Å². The van der Waals surface area contributed by atoms with Gasteiger partial charge in [-0.2, -0.15) is 0 Å². The molecule has 4 nitrogen and oxygen atoms in total. The second-order valence-corrected chi connectivity index (χ2v) is 4.21. The Morgan fingerprint density at radius 1 is 1.25 bits per heavy atom. The number of non-ortho nitro benzene ring substituents is 1. The highest BCUT2D eigenvalue weighted by atomic mass is 16.6. The zero-order valence-corrected chi connectivity index (χ0v) is 9.09. The molecule has 0 N–H and O–H groups in total. The third-order valence-corrected chi connectivity index (χ3v) is 3.01. The lowest BCUT2D eigenvalue weighted by molar-refractivity contribution is -0.384. The van der Waals surface area contributed by atoms with E-state index in [-0.39, 0.29) is 5.69 Å². The summed E-state index contributed by atoms with van der Waals surface area (Å²) in [6.45, 7) is 0.734. The molecule has 4 heteroatoms. The highest BCUT2D eigenvalue weighted by Gasteiger charge is 2.15. The Morgan fingerprint density at radius 2 is 1.88 bits per heavy atom. The Morgan fingerprint density at radius 3 is 2.44 bits per heavy atom. The largest absolute Gasteiger partial charge is 0.493 e. The minimum Gasteiger partial charge on any atom is -0.493 e. The third kappa shape index (κ3) is 2.72. The summed E-state index contributed by atoms with van der Waals surface area (Å²) in [6.07, 6.45) is 5.09. The van der Waals surface area contributed by atoms with Gasteiger partial charge in [0, 0.05) is 12.1 Å². The molecule has 1 saturated carbocycles. The van der Waals surface area contributed by atoms with Gasteiger partial charge < -0.3 is 4.74 Å². The molecule has 0 amide bonds. The molecule has 0 aromatic heterocycles. The summed E-state index contributed by atoms with van der Waals surface area (Å²) < 4.78 is 5.60. The van der Waals surface area contributed by atoms with E-state index in [1.807, 2.05) is 0 Å². The summed E-state index contributed by atoms with van der Waals surface area (Å²) in [5.74, 6) is 1.38. The first-order valence-electron chi connectivity index (χ1n) is 5.63. The second-order valence-electron chi connectivity index (χ2n) is 4.21. The molecule has 86 valence electrons. The maximum Gasteiger partial charge on any atom is 0.269 e. The maximum absolute atomic E-state index is 10.4. The quantitative estimate of drug-likeness (QED) is 0.579. The van der Waals surface area contributed by atoms with Gasteiger partial charge in [0.25, 0.3) is 5.69 Å². The molecule has 0 aliphatic heterocycles. The number of rotatable bonds is 4. The van der Waals surface area contributed by atoms with Crippen LogP contribution in [0.2, 0.25) is 0 Å². The summed E-state index contributed by atoms with van der Waals surface area (Å²) in [7, 11) is 0. The van der Waals surface area contributed by atoms with Crippen LogP contribution < -0.4 is 4.74 Å². The molecule has 1 aromatic carbocycles. The Labute approximate surface area is 94.4 Å². The van der Waals surface area contributed by atoms with E-state index in [1.165, 1.54) is 37.8 Å². The molecular weight excluding hydrogens is 206 g/mol. The molecule has 0 heterocycles. The van der Waals surface area contributed by atoms with Crippen molar-refractivity contribution >= 4 is 5.69 Å². The van der Waals surface area contributed by atoms with E-state index in [9.17, 15) is 10.1 Å².